The van der Waals surface area contributed by atoms with E-state index in [1.165, 1.54) is 12.8 Å². The first kappa shape index (κ1) is 16.4. The molecule has 0 saturated heterocycles. The summed E-state index contributed by atoms with van der Waals surface area (Å²) in [4.78, 5) is 11.6. The molecule has 0 heterocycles. The summed E-state index contributed by atoms with van der Waals surface area (Å²) in [6, 6.07) is -0.230. The lowest BCUT2D eigenvalue weighted by Crippen LogP contribution is -2.38. The number of hydrogen-bond donors (Lipinski definition) is 1. The van der Waals surface area contributed by atoms with Crippen LogP contribution in [0.4, 0.5) is 0 Å². The van der Waals surface area contributed by atoms with Crippen LogP contribution in [-0.2, 0) is 14.3 Å². The Bertz CT molecular complexity index is 186. The largest absolute Gasteiger partial charge is 0.465 e. The van der Waals surface area contributed by atoms with Crippen LogP contribution in [0.2, 0.25) is 0 Å². The molecule has 1 unspecified atom stereocenters. The van der Waals surface area contributed by atoms with Gasteiger partial charge < -0.3 is 14.8 Å². The summed E-state index contributed by atoms with van der Waals surface area (Å²) < 4.78 is 10.5. The second-order valence-corrected chi connectivity index (χ2v) is 3.97. The first-order chi connectivity index (χ1) is 8.26. The minimum atomic E-state index is -0.230. The molecule has 0 aromatic heterocycles. The fourth-order valence-electron chi connectivity index (χ4n) is 1.55. The first-order valence-electron chi connectivity index (χ1n) is 6.73. The molecule has 0 aromatic rings. The van der Waals surface area contributed by atoms with E-state index in [0.717, 1.165) is 19.6 Å². The predicted molar refractivity (Wildman–Crippen MR) is 69.1 cm³/mol. The molecule has 0 radical (unpaired) electrons. The van der Waals surface area contributed by atoms with Crippen LogP contribution in [0.25, 0.3) is 0 Å². The van der Waals surface area contributed by atoms with E-state index >= 15 is 0 Å². The Morgan fingerprint density at radius 2 is 1.94 bits per heavy atom. The van der Waals surface area contributed by atoms with Gasteiger partial charge in [0.25, 0.3) is 0 Å². The number of nitrogens with one attached hydrogen (secondary N) is 1. The first-order valence-corrected chi connectivity index (χ1v) is 6.73. The quantitative estimate of drug-likeness (QED) is 0.447. The zero-order valence-corrected chi connectivity index (χ0v) is 11.5. The third-order valence-corrected chi connectivity index (χ3v) is 2.46. The van der Waals surface area contributed by atoms with E-state index < -0.39 is 0 Å². The van der Waals surface area contributed by atoms with Crippen molar-refractivity contribution in [1.29, 1.82) is 0 Å². The lowest BCUT2D eigenvalue weighted by molar-refractivity contribution is -0.146. The van der Waals surface area contributed by atoms with Crippen LogP contribution in [0.1, 0.15) is 46.5 Å². The van der Waals surface area contributed by atoms with Crippen LogP contribution in [-0.4, -0.2) is 38.4 Å². The van der Waals surface area contributed by atoms with Crippen molar-refractivity contribution >= 4 is 5.97 Å². The van der Waals surface area contributed by atoms with Gasteiger partial charge >= 0.3 is 5.97 Å². The number of rotatable bonds is 11. The number of carbonyl (C=O) groups is 1. The van der Waals surface area contributed by atoms with E-state index in [2.05, 4.69) is 12.2 Å². The van der Waals surface area contributed by atoms with E-state index in [-0.39, 0.29) is 12.0 Å². The van der Waals surface area contributed by atoms with Crippen LogP contribution < -0.4 is 5.32 Å². The van der Waals surface area contributed by atoms with Gasteiger partial charge in [0, 0.05) is 13.2 Å². The maximum Gasteiger partial charge on any atom is 0.323 e. The fourth-order valence-corrected chi connectivity index (χ4v) is 1.55. The van der Waals surface area contributed by atoms with Crippen LogP contribution in [0.15, 0.2) is 0 Å². The lowest BCUT2D eigenvalue weighted by Gasteiger charge is -2.16. The van der Waals surface area contributed by atoms with Gasteiger partial charge in [-0.05, 0) is 26.3 Å². The molecule has 102 valence electrons. The number of hydrogen-bond acceptors (Lipinski definition) is 4. The van der Waals surface area contributed by atoms with Crippen molar-refractivity contribution in [1.82, 2.24) is 5.32 Å². The standard InChI is InChI=1S/C13H27NO3/c1-4-7-8-10-16-11-9-12(14-5-2)13(15)17-6-3/h12,14H,4-11H2,1-3H3. The minimum Gasteiger partial charge on any atom is -0.465 e. The van der Waals surface area contributed by atoms with Gasteiger partial charge in [0.2, 0.25) is 0 Å². The van der Waals surface area contributed by atoms with E-state index in [9.17, 15) is 4.79 Å². The summed E-state index contributed by atoms with van der Waals surface area (Å²) in [6.45, 7) is 8.56. The van der Waals surface area contributed by atoms with Crippen molar-refractivity contribution in [3.8, 4) is 0 Å². The van der Waals surface area contributed by atoms with Crippen LogP contribution in [0.5, 0.6) is 0 Å². The summed E-state index contributed by atoms with van der Waals surface area (Å²) in [5.74, 6) is -0.175. The normalized spacial score (nSPS) is 12.4. The summed E-state index contributed by atoms with van der Waals surface area (Å²) >= 11 is 0. The second kappa shape index (κ2) is 11.9. The third kappa shape index (κ3) is 9.12. The van der Waals surface area contributed by atoms with Gasteiger partial charge in [-0.15, -0.1) is 0 Å². The molecule has 1 N–H and O–H groups in total. The van der Waals surface area contributed by atoms with E-state index in [1.807, 2.05) is 13.8 Å². The molecule has 17 heavy (non-hydrogen) atoms. The average molecular weight is 245 g/mol. The van der Waals surface area contributed by atoms with Gasteiger partial charge in [-0.1, -0.05) is 26.7 Å². The molecule has 0 fully saturated rings. The molecule has 4 nitrogen and oxygen atoms in total. The highest BCUT2D eigenvalue weighted by Crippen LogP contribution is 1.99. The van der Waals surface area contributed by atoms with Crippen molar-refractivity contribution in [3.63, 3.8) is 0 Å². The minimum absolute atomic E-state index is 0.175. The topological polar surface area (TPSA) is 47.6 Å². The summed E-state index contributed by atoms with van der Waals surface area (Å²) in [6.07, 6.45) is 4.18. The van der Waals surface area contributed by atoms with Gasteiger partial charge in [-0.3, -0.25) is 4.79 Å². The molecule has 0 aromatic carbocycles. The molecular formula is C13H27NO3. The average Bonchev–Trinajstić information content (AvgIpc) is 2.32. The van der Waals surface area contributed by atoms with Crippen LogP contribution >= 0.6 is 0 Å². The monoisotopic (exact) mass is 245 g/mol. The Morgan fingerprint density at radius 1 is 1.18 bits per heavy atom. The number of carbonyl (C=O) groups excluding carboxylic acids is 1. The Morgan fingerprint density at radius 3 is 2.53 bits per heavy atom. The van der Waals surface area contributed by atoms with Gasteiger partial charge in [0.1, 0.15) is 6.04 Å². The Hall–Kier alpha value is -0.610. The zero-order chi connectivity index (χ0) is 12.9. The van der Waals surface area contributed by atoms with Gasteiger partial charge in [0.05, 0.1) is 6.61 Å². The molecule has 0 aliphatic rings. The summed E-state index contributed by atoms with van der Waals surface area (Å²) in [5.41, 5.74) is 0. The van der Waals surface area contributed by atoms with Gasteiger partial charge in [-0.2, -0.15) is 0 Å². The molecular weight excluding hydrogens is 218 g/mol. The highest BCUT2D eigenvalue weighted by Gasteiger charge is 2.17. The van der Waals surface area contributed by atoms with E-state index in [4.69, 9.17) is 9.47 Å². The second-order valence-electron chi connectivity index (χ2n) is 3.97. The van der Waals surface area contributed by atoms with Gasteiger partial charge in [-0.25, -0.2) is 0 Å². The Labute approximate surface area is 105 Å². The zero-order valence-electron chi connectivity index (χ0n) is 11.5. The molecule has 0 spiro atoms. The van der Waals surface area contributed by atoms with E-state index in [1.54, 1.807) is 0 Å². The van der Waals surface area contributed by atoms with Crippen molar-refractivity contribution in [2.75, 3.05) is 26.4 Å². The number of likely N-dealkylation sites (N-methyl/N-ethyl adjacent to an activating group) is 1. The van der Waals surface area contributed by atoms with E-state index in [0.29, 0.717) is 19.6 Å². The number of esters is 1. The van der Waals surface area contributed by atoms with Gasteiger partial charge in [0.15, 0.2) is 0 Å². The maximum absolute atomic E-state index is 11.6. The van der Waals surface area contributed by atoms with Crippen molar-refractivity contribution < 1.29 is 14.3 Å². The van der Waals surface area contributed by atoms with Crippen LogP contribution in [0, 0.1) is 0 Å². The predicted octanol–water partition coefficient (Wildman–Crippen LogP) is 2.12. The number of unbranched alkanes of at least 4 members (excludes halogenated alkanes) is 2. The SMILES string of the molecule is CCCCCOCCC(NCC)C(=O)OCC. The number of ether oxygens (including phenoxy) is 2. The lowest BCUT2D eigenvalue weighted by atomic mass is 10.2. The fraction of sp³-hybridized carbons (Fsp3) is 0.923. The summed E-state index contributed by atoms with van der Waals surface area (Å²) in [5, 5.41) is 3.11. The highest BCUT2D eigenvalue weighted by atomic mass is 16.5. The Balaban J connectivity index is 3.65. The third-order valence-electron chi connectivity index (χ3n) is 2.46. The summed E-state index contributed by atoms with van der Waals surface area (Å²) in [7, 11) is 0. The molecule has 1 atom stereocenters. The molecule has 0 saturated carbocycles. The van der Waals surface area contributed by atoms with Crippen molar-refractivity contribution in [2.45, 2.75) is 52.5 Å². The van der Waals surface area contributed by atoms with Crippen molar-refractivity contribution in [3.05, 3.63) is 0 Å². The smallest absolute Gasteiger partial charge is 0.323 e. The molecule has 0 rings (SSSR count). The molecule has 0 bridgehead atoms. The Kier molecular flexibility index (Phi) is 11.4. The van der Waals surface area contributed by atoms with Crippen LogP contribution in [0.3, 0.4) is 0 Å². The molecule has 0 aliphatic heterocycles. The molecule has 0 amide bonds. The molecule has 4 heteroatoms. The highest BCUT2D eigenvalue weighted by molar-refractivity contribution is 5.75. The molecule has 0 aliphatic carbocycles. The van der Waals surface area contributed by atoms with Crippen molar-refractivity contribution in [2.24, 2.45) is 0 Å². The maximum atomic E-state index is 11.6.